The van der Waals surface area contributed by atoms with Gasteiger partial charge in [0.05, 0.1) is 19.8 Å². The lowest BCUT2D eigenvalue weighted by Gasteiger charge is -2.26. The molecule has 134 valence electrons. The normalized spacial score (nSPS) is 17.0. The third-order valence-electron chi connectivity index (χ3n) is 4.31. The van der Waals surface area contributed by atoms with Crippen LogP contribution in [0.15, 0.2) is 29.3 Å². The fraction of sp³-hybridized carbons (Fsp3) is 0.611. The molecule has 3 N–H and O–H groups in total. The summed E-state index contributed by atoms with van der Waals surface area (Å²) in [6.45, 7) is 10.5. The highest BCUT2D eigenvalue weighted by Crippen LogP contribution is 2.29. The number of hydrogen-bond acceptors (Lipinski definition) is 3. The summed E-state index contributed by atoms with van der Waals surface area (Å²) in [6, 6.07) is 7.90. The largest absolute Gasteiger partial charge is 0.379 e. The first-order valence-corrected chi connectivity index (χ1v) is 8.96. The van der Waals surface area contributed by atoms with Crippen LogP contribution in [0, 0.1) is 0 Å². The Morgan fingerprint density at radius 3 is 2.75 bits per heavy atom. The Labute approximate surface area is 150 Å². The summed E-state index contributed by atoms with van der Waals surface area (Å²) in [5.41, 5.74) is 6.93. The lowest BCUT2D eigenvalue weighted by Crippen LogP contribution is -2.39. The summed E-state index contributed by atoms with van der Waals surface area (Å²) in [5, 5.41) is 3.97. The van der Waals surface area contributed by atoms with Gasteiger partial charge in [0.2, 0.25) is 0 Å². The highest BCUT2D eigenvalue weighted by molar-refractivity contribution is 6.31. The van der Waals surface area contributed by atoms with Crippen LogP contribution < -0.4 is 11.1 Å². The van der Waals surface area contributed by atoms with Gasteiger partial charge in [0.25, 0.3) is 0 Å². The van der Waals surface area contributed by atoms with Crippen molar-refractivity contribution in [3.05, 3.63) is 34.9 Å². The minimum atomic E-state index is -0.154. The predicted molar refractivity (Wildman–Crippen MR) is 101 cm³/mol. The molecule has 24 heavy (non-hydrogen) atoms. The van der Waals surface area contributed by atoms with Crippen molar-refractivity contribution in [1.82, 2.24) is 10.2 Å². The van der Waals surface area contributed by atoms with E-state index in [9.17, 15) is 0 Å². The molecule has 6 heteroatoms. The van der Waals surface area contributed by atoms with Crippen LogP contribution in [0.25, 0.3) is 0 Å². The molecule has 0 saturated carbocycles. The summed E-state index contributed by atoms with van der Waals surface area (Å²) in [5.74, 6) is 0.497. The van der Waals surface area contributed by atoms with Gasteiger partial charge in [-0.2, -0.15) is 0 Å². The maximum atomic E-state index is 6.29. The fourth-order valence-electron chi connectivity index (χ4n) is 2.78. The second kappa shape index (κ2) is 9.25. The molecule has 0 unspecified atom stereocenters. The average molecular weight is 353 g/mol. The Balaban J connectivity index is 1.73. The Bertz CT molecular complexity index is 542. The number of nitrogens with two attached hydrogens (primary N) is 1. The van der Waals surface area contributed by atoms with Crippen LogP contribution in [-0.2, 0) is 10.2 Å². The summed E-state index contributed by atoms with van der Waals surface area (Å²) in [6.07, 6.45) is 1.05. The molecule has 0 spiro atoms. The van der Waals surface area contributed by atoms with Crippen LogP contribution >= 0.6 is 11.6 Å². The van der Waals surface area contributed by atoms with Gasteiger partial charge >= 0.3 is 0 Å². The van der Waals surface area contributed by atoms with Crippen molar-refractivity contribution in [3.8, 4) is 0 Å². The van der Waals surface area contributed by atoms with Crippen LogP contribution in [0.5, 0.6) is 0 Å². The minimum Gasteiger partial charge on any atom is -0.379 e. The van der Waals surface area contributed by atoms with E-state index in [-0.39, 0.29) is 5.41 Å². The first kappa shape index (κ1) is 19.0. The van der Waals surface area contributed by atoms with Crippen LogP contribution in [0.1, 0.15) is 25.8 Å². The second-order valence-electron chi connectivity index (χ2n) is 6.80. The summed E-state index contributed by atoms with van der Waals surface area (Å²) in [7, 11) is 0. The molecule has 1 aliphatic rings. The topological polar surface area (TPSA) is 62.9 Å². The van der Waals surface area contributed by atoms with E-state index in [1.807, 2.05) is 24.3 Å². The van der Waals surface area contributed by atoms with E-state index < -0.39 is 0 Å². The molecule has 1 aromatic rings. The Morgan fingerprint density at radius 1 is 1.33 bits per heavy atom. The number of aliphatic imine (C=N–C) groups is 1. The molecule has 1 aromatic carbocycles. The Morgan fingerprint density at radius 2 is 2.04 bits per heavy atom. The standard InChI is InChI=1S/C18H29ClN4O/c1-18(2,15-6-3-4-7-16(15)19)14-22-17(20)21-8-5-9-23-10-12-24-13-11-23/h3-4,6-7H,5,8-14H2,1-2H3,(H3,20,21,22). The number of guanidine groups is 1. The van der Waals surface area contributed by atoms with E-state index in [0.29, 0.717) is 12.5 Å². The predicted octanol–water partition coefficient (Wildman–Crippen LogP) is 2.24. The summed E-state index contributed by atoms with van der Waals surface area (Å²) >= 11 is 6.29. The lowest BCUT2D eigenvalue weighted by atomic mass is 9.85. The number of halogens is 1. The summed E-state index contributed by atoms with van der Waals surface area (Å²) in [4.78, 5) is 6.90. The van der Waals surface area contributed by atoms with Gasteiger partial charge in [-0.15, -0.1) is 0 Å². The number of morpholine rings is 1. The van der Waals surface area contributed by atoms with Crippen molar-refractivity contribution in [2.24, 2.45) is 10.7 Å². The average Bonchev–Trinajstić information content (AvgIpc) is 2.58. The molecule has 0 radical (unpaired) electrons. The number of benzene rings is 1. The molecule has 1 saturated heterocycles. The molecule has 0 bridgehead atoms. The first-order chi connectivity index (χ1) is 11.5. The van der Waals surface area contributed by atoms with Crippen molar-refractivity contribution >= 4 is 17.6 Å². The molecule has 0 aliphatic carbocycles. The van der Waals surface area contributed by atoms with Crippen molar-refractivity contribution < 1.29 is 4.74 Å². The van der Waals surface area contributed by atoms with Crippen LogP contribution in [-0.4, -0.2) is 56.8 Å². The third kappa shape index (κ3) is 5.96. The van der Waals surface area contributed by atoms with E-state index in [2.05, 4.69) is 29.1 Å². The summed E-state index contributed by atoms with van der Waals surface area (Å²) < 4.78 is 5.35. The zero-order valence-corrected chi connectivity index (χ0v) is 15.5. The van der Waals surface area contributed by atoms with Gasteiger partial charge in [0, 0.05) is 30.1 Å². The number of nitrogens with one attached hydrogen (secondary N) is 1. The third-order valence-corrected chi connectivity index (χ3v) is 4.64. The fourth-order valence-corrected chi connectivity index (χ4v) is 3.17. The molecule has 2 rings (SSSR count). The maximum absolute atomic E-state index is 6.29. The van der Waals surface area contributed by atoms with Gasteiger partial charge in [0.15, 0.2) is 5.96 Å². The van der Waals surface area contributed by atoms with Gasteiger partial charge in [-0.3, -0.25) is 9.89 Å². The van der Waals surface area contributed by atoms with E-state index in [0.717, 1.165) is 56.4 Å². The highest BCUT2D eigenvalue weighted by atomic mass is 35.5. The minimum absolute atomic E-state index is 0.154. The number of rotatable bonds is 7. The van der Waals surface area contributed by atoms with Crippen molar-refractivity contribution in [1.29, 1.82) is 0 Å². The van der Waals surface area contributed by atoms with Crippen LogP contribution in [0.3, 0.4) is 0 Å². The molecule has 0 atom stereocenters. The molecule has 1 fully saturated rings. The monoisotopic (exact) mass is 352 g/mol. The van der Waals surface area contributed by atoms with Gasteiger partial charge in [-0.05, 0) is 24.6 Å². The lowest BCUT2D eigenvalue weighted by molar-refractivity contribution is 0.0376. The molecular formula is C18H29ClN4O. The van der Waals surface area contributed by atoms with E-state index in [1.165, 1.54) is 0 Å². The zero-order valence-electron chi connectivity index (χ0n) is 14.7. The molecule has 1 aliphatic heterocycles. The van der Waals surface area contributed by atoms with E-state index in [1.54, 1.807) is 0 Å². The van der Waals surface area contributed by atoms with Crippen molar-refractivity contribution in [3.63, 3.8) is 0 Å². The van der Waals surface area contributed by atoms with Gasteiger partial charge in [-0.25, -0.2) is 0 Å². The van der Waals surface area contributed by atoms with Crippen molar-refractivity contribution in [2.75, 3.05) is 45.9 Å². The number of ether oxygens (including phenoxy) is 1. The van der Waals surface area contributed by atoms with Gasteiger partial charge in [0.1, 0.15) is 0 Å². The second-order valence-corrected chi connectivity index (χ2v) is 7.21. The van der Waals surface area contributed by atoms with Gasteiger partial charge in [-0.1, -0.05) is 43.6 Å². The van der Waals surface area contributed by atoms with Crippen molar-refractivity contribution in [2.45, 2.75) is 25.7 Å². The smallest absolute Gasteiger partial charge is 0.188 e. The SMILES string of the molecule is CC(C)(CN=C(N)NCCCN1CCOCC1)c1ccccc1Cl. The number of nitrogens with zero attached hydrogens (tertiary/aromatic N) is 2. The molecule has 0 aromatic heterocycles. The van der Waals surface area contributed by atoms with E-state index >= 15 is 0 Å². The number of hydrogen-bond donors (Lipinski definition) is 2. The highest BCUT2D eigenvalue weighted by Gasteiger charge is 2.22. The Hall–Kier alpha value is -1.30. The zero-order chi connectivity index (χ0) is 17.4. The first-order valence-electron chi connectivity index (χ1n) is 8.58. The Kier molecular flexibility index (Phi) is 7.34. The molecular weight excluding hydrogens is 324 g/mol. The van der Waals surface area contributed by atoms with Gasteiger partial charge < -0.3 is 15.8 Å². The quantitative estimate of drug-likeness (QED) is 0.449. The van der Waals surface area contributed by atoms with Crippen LogP contribution in [0.2, 0.25) is 5.02 Å². The maximum Gasteiger partial charge on any atom is 0.188 e. The molecule has 5 nitrogen and oxygen atoms in total. The molecule has 1 heterocycles. The van der Waals surface area contributed by atoms with Crippen LogP contribution in [0.4, 0.5) is 0 Å². The van der Waals surface area contributed by atoms with E-state index in [4.69, 9.17) is 22.1 Å². The molecule has 0 amide bonds.